The quantitative estimate of drug-likeness (QED) is 0.605. The predicted molar refractivity (Wildman–Crippen MR) is 113 cm³/mol. The van der Waals surface area contributed by atoms with Gasteiger partial charge in [-0.2, -0.15) is 0 Å². The molecule has 2 N–H and O–H groups in total. The van der Waals surface area contributed by atoms with E-state index < -0.39 is 6.04 Å². The Labute approximate surface area is 177 Å². The number of hydrogen-bond acceptors (Lipinski definition) is 6. The molecule has 0 radical (unpaired) electrons. The molecule has 1 atom stereocenters. The molecule has 0 aliphatic carbocycles. The second kappa shape index (κ2) is 7.66. The van der Waals surface area contributed by atoms with Crippen LogP contribution in [0, 0.1) is 0 Å². The van der Waals surface area contributed by atoms with Crippen LogP contribution in [0.5, 0.6) is 11.5 Å². The highest BCUT2D eigenvalue weighted by atomic mass is 35.5. The van der Waals surface area contributed by atoms with Crippen molar-refractivity contribution in [2.24, 2.45) is 0 Å². The highest BCUT2D eigenvalue weighted by Gasteiger charge is 2.42. The molecule has 1 aromatic heterocycles. The zero-order chi connectivity index (χ0) is 21.6. The summed E-state index contributed by atoms with van der Waals surface area (Å²) >= 11 is 6.07. The minimum Gasteiger partial charge on any atom is -0.504 e. The summed E-state index contributed by atoms with van der Waals surface area (Å²) in [6.45, 7) is 1.15. The van der Waals surface area contributed by atoms with E-state index in [4.69, 9.17) is 16.0 Å². The predicted octanol–water partition coefficient (Wildman–Crippen LogP) is 3.35. The Morgan fingerprint density at radius 2 is 1.87 bits per heavy atom. The lowest BCUT2D eigenvalue weighted by molar-refractivity contribution is 0.0722. The number of carbonyl (C=O) groups is 1. The fraction of sp³-hybridized carbons (Fsp3) is 0.273. The average Bonchev–Trinajstić information content (AvgIpc) is 2.97. The van der Waals surface area contributed by atoms with Gasteiger partial charge in [0.05, 0.1) is 17.0 Å². The van der Waals surface area contributed by atoms with Gasteiger partial charge in [-0.15, -0.1) is 0 Å². The van der Waals surface area contributed by atoms with Crippen LogP contribution < -0.4 is 5.43 Å². The number of carbonyl (C=O) groups excluding carboxylic acids is 1. The zero-order valence-corrected chi connectivity index (χ0v) is 17.3. The van der Waals surface area contributed by atoms with E-state index in [0.29, 0.717) is 29.1 Å². The minimum absolute atomic E-state index is 0.00256. The molecule has 2 aromatic carbocycles. The topological polar surface area (TPSA) is 94.2 Å². The lowest BCUT2D eigenvalue weighted by Crippen LogP contribution is -2.32. The van der Waals surface area contributed by atoms with E-state index in [0.717, 1.165) is 6.54 Å². The Bertz CT molecular complexity index is 1200. The molecular weight excluding hydrogens is 408 g/mol. The summed E-state index contributed by atoms with van der Waals surface area (Å²) in [7, 11) is 3.88. The van der Waals surface area contributed by atoms with Gasteiger partial charge in [0, 0.05) is 11.6 Å². The molecule has 2 heterocycles. The van der Waals surface area contributed by atoms with Crippen molar-refractivity contribution in [1.29, 1.82) is 0 Å². The van der Waals surface area contributed by atoms with Crippen LogP contribution in [0.3, 0.4) is 0 Å². The smallest absolute Gasteiger partial charge is 0.290 e. The summed E-state index contributed by atoms with van der Waals surface area (Å²) in [6, 6.07) is 8.25. The summed E-state index contributed by atoms with van der Waals surface area (Å²) in [5.74, 6) is -0.984. The number of phenols is 2. The van der Waals surface area contributed by atoms with Crippen LogP contribution in [0.25, 0.3) is 11.0 Å². The Hall–Kier alpha value is -3.03. The van der Waals surface area contributed by atoms with Gasteiger partial charge in [0.2, 0.25) is 5.76 Å². The van der Waals surface area contributed by atoms with Gasteiger partial charge in [-0.25, -0.2) is 0 Å². The molecule has 0 saturated heterocycles. The molecule has 8 heteroatoms. The standard InChI is InChI=1S/C22H21ClN2O5/c1-24(2)8-3-9-25-19(12-4-6-15(26)16(27)10-12)18-20(28)14-11-13(23)5-7-17(14)30-21(18)22(25)29/h4-7,10-11,19,26-27H,3,8-9H2,1-2H3. The van der Waals surface area contributed by atoms with Gasteiger partial charge >= 0.3 is 0 Å². The van der Waals surface area contributed by atoms with Gasteiger partial charge in [0.15, 0.2) is 16.9 Å². The molecular formula is C22H21ClN2O5. The van der Waals surface area contributed by atoms with Gasteiger partial charge < -0.3 is 24.4 Å². The van der Waals surface area contributed by atoms with Gasteiger partial charge in [0.1, 0.15) is 5.58 Å². The summed E-state index contributed by atoms with van der Waals surface area (Å²) in [5, 5.41) is 20.4. The minimum atomic E-state index is -0.735. The molecule has 0 spiro atoms. The molecule has 0 fully saturated rings. The number of phenolic OH excluding ortho intramolecular Hbond substituents is 2. The third kappa shape index (κ3) is 3.40. The molecule has 1 amide bonds. The van der Waals surface area contributed by atoms with Crippen LogP contribution in [-0.2, 0) is 0 Å². The third-order valence-corrected chi connectivity index (χ3v) is 5.48. The number of fused-ring (bicyclic) bond motifs is 2. The average molecular weight is 429 g/mol. The van der Waals surface area contributed by atoms with Crippen molar-refractivity contribution in [3.63, 3.8) is 0 Å². The Morgan fingerprint density at radius 1 is 1.10 bits per heavy atom. The van der Waals surface area contributed by atoms with Crippen LogP contribution >= 0.6 is 11.6 Å². The third-order valence-electron chi connectivity index (χ3n) is 5.25. The molecule has 1 unspecified atom stereocenters. The monoisotopic (exact) mass is 428 g/mol. The van der Waals surface area contributed by atoms with E-state index in [1.54, 1.807) is 23.1 Å². The van der Waals surface area contributed by atoms with Crippen molar-refractivity contribution in [1.82, 2.24) is 9.80 Å². The van der Waals surface area contributed by atoms with Crippen molar-refractivity contribution in [2.45, 2.75) is 12.5 Å². The molecule has 156 valence electrons. The van der Waals surface area contributed by atoms with E-state index in [9.17, 15) is 19.8 Å². The molecule has 4 rings (SSSR count). The van der Waals surface area contributed by atoms with Gasteiger partial charge in [0.25, 0.3) is 5.91 Å². The summed E-state index contributed by atoms with van der Waals surface area (Å²) < 4.78 is 5.84. The molecule has 1 aliphatic heterocycles. The van der Waals surface area contributed by atoms with Crippen molar-refractivity contribution in [2.75, 3.05) is 27.2 Å². The maximum absolute atomic E-state index is 13.4. The number of aromatic hydroxyl groups is 2. The maximum Gasteiger partial charge on any atom is 0.290 e. The molecule has 3 aromatic rings. The first-order valence-electron chi connectivity index (χ1n) is 9.51. The van der Waals surface area contributed by atoms with E-state index in [-0.39, 0.29) is 39.5 Å². The van der Waals surface area contributed by atoms with Crippen molar-refractivity contribution in [3.8, 4) is 11.5 Å². The van der Waals surface area contributed by atoms with E-state index in [2.05, 4.69) is 0 Å². The molecule has 30 heavy (non-hydrogen) atoms. The van der Waals surface area contributed by atoms with E-state index in [1.807, 2.05) is 19.0 Å². The van der Waals surface area contributed by atoms with Crippen LogP contribution in [0.15, 0.2) is 45.6 Å². The maximum atomic E-state index is 13.4. The molecule has 7 nitrogen and oxygen atoms in total. The van der Waals surface area contributed by atoms with Crippen LogP contribution in [0.1, 0.15) is 34.1 Å². The van der Waals surface area contributed by atoms with Crippen LogP contribution in [0.2, 0.25) is 5.02 Å². The number of rotatable bonds is 5. The lowest BCUT2D eigenvalue weighted by Gasteiger charge is -2.26. The van der Waals surface area contributed by atoms with Crippen molar-refractivity contribution >= 4 is 28.5 Å². The fourth-order valence-corrected chi connectivity index (χ4v) is 4.01. The zero-order valence-electron chi connectivity index (χ0n) is 16.6. The van der Waals surface area contributed by atoms with E-state index in [1.165, 1.54) is 18.2 Å². The SMILES string of the molecule is CN(C)CCCN1C(=O)c2oc3ccc(Cl)cc3c(=O)c2C1c1ccc(O)c(O)c1. The first-order valence-corrected chi connectivity index (χ1v) is 9.89. The van der Waals surface area contributed by atoms with Crippen LogP contribution in [-0.4, -0.2) is 53.1 Å². The number of amides is 1. The Kier molecular flexibility index (Phi) is 5.17. The molecule has 1 aliphatic rings. The number of halogens is 1. The summed E-state index contributed by atoms with van der Waals surface area (Å²) in [6.07, 6.45) is 0.687. The number of benzene rings is 2. The molecule has 0 bridgehead atoms. The lowest BCUT2D eigenvalue weighted by atomic mass is 9.98. The Morgan fingerprint density at radius 3 is 2.57 bits per heavy atom. The molecule has 0 saturated carbocycles. The first-order chi connectivity index (χ1) is 14.3. The van der Waals surface area contributed by atoms with Gasteiger partial charge in [-0.05, 0) is 63.0 Å². The van der Waals surface area contributed by atoms with Gasteiger partial charge in [-0.3, -0.25) is 9.59 Å². The second-order valence-electron chi connectivity index (χ2n) is 7.62. The highest BCUT2D eigenvalue weighted by Crippen LogP contribution is 2.40. The van der Waals surface area contributed by atoms with E-state index >= 15 is 0 Å². The van der Waals surface area contributed by atoms with Crippen LogP contribution in [0.4, 0.5) is 0 Å². The normalized spacial score (nSPS) is 15.9. The number of hydrogen-bond donors (Lipinski definition) is 2. The summed E-state index contributed by atoms with van der Waals surface area (Å²) in [5.41, 5.74) is 0.675. The number of nitrogens with zero attached hydrogens (tertiary/aromatic N) is 2. The second-order valence-corrected chi connectivity index (χ2v) is 8.06. The van der Waals surface area contributed by atoms with Crippen molar-refractivity contribution < 1.29 is 19.4 Å². The largest absolute Gasteiger partial charge is 0.504 e. The first kappa shape index (κ1) is 20.3. The fourth-order valence-electron chi connectivity index (χ4n) is 3.84. The summed E-state index contributed by atoms with van der Waals surface area (Å²) in [4.78, 5) is 30.2. The van der Waals surface area contributed by atoms with Crippen molar-refractivity contribution in [3.05, 3.63) is 68.5 Å². The highest BCUT2D eigenvalue weighted by molar-refractivity contribution is 6.31. The van der Waals surface area contributed by atoms with Gasteiger partial charge in [-0.1, -0.05) is 17.7 Å². The Balaban J connectivity index is 1.90.